The number of imidazole rings is 1. The van der Waals surface area contributed by atoms with Crippen LogP contribution in [0, 0.1) is 0 Å². The molecule has 0 unspecified atom stereocenters. The van der Waals surface area contributed by atoms with Crippen molar-refractivity contribution in [3.8, 4) is 11.4 Å². The van der Waals surface area contributed by atoms with Crippen molar-refractivity contribution in [2.45, 2.75) is 12.8 Å². The van der Waals surface area contributed by atoms with Crippen molar-refractivity contribution in [3.63, 3.8) is 0 Å². The second kappa shape index (κ2) is 5.96. The number of hydrogen-bond acceptors (Lipinski definition) is 2. The highest BCUT2D eigenvalue weighted by molar-refractivity contribution is 6.30. The van der Waals surface area contributed by atoms with E-state index in [9.17, 15) is 0 Å². The molecule has 0 saturated carbocycles. The molecule has 1 heterocycles. The standard InChI is InChI=1S/C16H14Cl2N2O/c1-2-21-14-5-3-4-13-16(14)19-15(10-17)20(13)12-8-6-11(18)7-9-12/h3-9H,2,10H2,1H3. The predicted molar refractivity (Wildman–Crippen MR) is 86.8 cm³/mol. The highest BCUT2D eigenvalue weighted by Crippen LogP contribution is 2.29. The monoisotopic (exact) mass is 320 g/mol. The summed E-state index contributed by atoms with van der Waals surface area (Å²) in [5.74, 6) is 1.87. The Bertz CT molecular complexity index is 766. The number of rotatable bonds is 4. The Labute approximate surface area is 133 Å². The molecule has 0 radical (unpaired) electrons. The molecule has 0 aliphatic heterocycles. The largest absolute Gasteiger partial charge is 0.492 e. The molecule has 2 aromatic carbocycles. The van der Waals surface area contributed by atoms with E-state index in [0.29, 0.717) is 17.5 Å². The summed E-state index contributed by atoms with van der Waals surface area (Å²) < 4.78 is 7.68. The van der Waals surface area contributed by atoms with Gasteiger partial charge in [0, 0.05) is 10.7 Å². The molecule has 0 atom stereocenters. The normalized spacial score (nSPS) is 11.0. The first-order chi connectivity index (χ1) is 10.2. The minimum absolute atomic E-state index is 0.322. The Hall–Kier alpha value is -1.71. The number of aromatic nitrogens is 2. The molecule has 0 bridgehead atoms. The summed E-state index contributed by atoms with van der Waals surface area (Å²) in [6, 6.07) is 13.5. The van der Waals surface area contributed by atoms with Crippen LogP contribution in [0.4, 0.5) is 0 Å². The van der Waals surface area contributed by atoms with Gasteiger partial charge in [-0.05, 0) is 43.3 Å². The Morgan fingerprint density at radius 2 is 1.90 bits per heavy atom. The third-order valence-electron chi connectivity index (χ3n) is 3.22. The maximum absolute atomic E-state index is 6.06. The lowest BCUT2D eigenvalue weighted by atomic mass is 10.2. The van der Waals surface area contributed by atoms with Crippen LogP contribution in [0.1, 0.15) is 12.7 Å². The molecule has 21 heavy (non-hydrogen) atoms. The maximum Gasteiger partial charge on any atom is 0.147 e. The molecular weight excluding hydrogens is 307 g/mol. The molecule has 0 N–H and O–H groups in total. The Kier molecular flexibility index (Phi) is 4.04. The fourth-order valence-corrected chi connectivity index (χ4v) is 2.67. The van der Waals surface area contributed by atoms with Crippen LogP contribution >= 0.6 is 23.2 Å². The van der Waals surface area contributed by atoms with Crippen molar-refractivity contribution in [3.05, 3.63) is 53.3 Å². The van der Waals surface area contributed by atoms with Crippen LogP contribution in [-0.2, 0) is 5.88 Å². The number of alkyl halides is 1. The van der Waals surface area contributed by atoms with Crippen molar-refractivity contribution in [1.29, 1.82) is 0 Å². The topological polar surface area (TPSA) is 27.1 Å². The van der Waals surface area contributed by atoms with E-state index < -0.39 is 0 Å². The van der Waals surface area contributed by atoms with Crippen LogP contribution in [0.15, 0.2) is 42.5 Å². The third-order valence-corrected chi connectivity index (χ3v) is 3.71. The summed E-state index contributed by atoms with van der Waals surface area (Å²) in [5.41, 5.74) is 2.77. The molecule has 1 aromatic heterocycles. The molecule has 0 spiro atoms. The number of para-hydroxylation sites is 1. The molecule has 0 saturated heterocycles. The van der Waals surface area contributed by atoms with Crippen molar-refractivity contribution in [1.82, 2.24) is 9.55 Å². The van der Waals surface area contributed by atoms with Crippen LogP contribution in [0.3, 0.4) is 0 Å². The van der Waals surface area contributed by atoms with E-state index in [1.165, 1.54) is 0 Å². The summed E-state index contributed by atoms with van der Waals surface area (Å²) in [5, 5.41) is 0.700. The molecule has 3 rings (SSSR count). The number of fused-ring (bicyclic) bond motifs is 1. The minimum atomic E-state index is 0.322. The van der Waals surface area contributed by atoms with E-state index in [2.05, 4.69) is 4.98 Å². The summed E-state index contributed by atoms with van der Waals surface area (Å²) in [4.78, 5) is 4.62. The number of benzene rings is 2. The number of ether oxygens (including phenoxy) is 1. The minimum Gasteiger partial charge on any atom is -0.492 e. The third kappa shape index (κ3) is 2.59. The van der Waals surface area contributed by atoms with Gasteiger partial charge in [-0.15, -0.1) is 11.6 Å². The van der Waals surface area contributed by atoms with Gasteiger partial charge in [-0.25, -0.2) is 4.98 Å². The van der Waals surface area contributed by atoms with Crippen molar-refractivity contribution < 1.29 is 4.74 Å². The zero-order valence-electron chi connectivity index (χ0n) is 11.5. The van der Waals surface area contributed by atoms with E-state index in [4.69, 9.17) is 27.9 Å². The van der Waals surface area contributed by atoms with Crippen LogP contribution in [-0.4, -0.2) is 16.2 Å². The molecule has 5 heteroatoms. The zero-order valence-corrected chi connectivity index (χ0v) is 13.0. The average molecular weight is 321 g/mol. The molecule has 0 fully saturated rings. The SMILES string of the molecule is CCOc1cccc2c1nc(CCl)n2-c1ccc(Cl)cc1. The van der Waals surface area contributed by atoms with Gasteiger partial charge >= 0.3 is 0 Å². The van der Waals surface area contributed by atoms with Crippen LogP contribution in [0.25, 0.3) is 16.7 Å². The van der Waals surface area contributed by atoms with E-state index >= 15 is 0 Å². The van der Waals surface area contributed by atoms with Gasteiger partial charge in [0.15, 0.2) is 0 Å². The van der Waals surface area contributed by atoms with Gasteiger partial charge < -0.3 is 4.74 Å². The first-order valence-electron chi connectivity index (χ1n) is 6.69. The lowest BCUT2D eigenvalue weighted by Gasteiger charge is -2.08. The van der Waals surface area contributed by atoms with E-state index in [0.717, 1.165) is 28.3 Å². The number of hydrogen-bond donors (Lipinski definition) is 0. The van der Waals surface area contributed by atoms with Gasteiger partial charge in [0.25, 0.3) is 0 Å². The van der Waals surface area contributed by atoms with Gasteiger partial charge in [0.05, 0.1) is 18.0 Å². The molecule has 0 aliphatic rings. The summed E-state index contributed by atoms with van der Waals surface area (Å²) in [6.07, 6.45) is 0. The van der Waals surface area contributed by atoms with E-state index in [1.807, 2.05) is 54.0 Å². The van der Waals surface area contributed by atoms with Gasteiger partial charge in [0.2, 0.25) is 0 Å². The lowest BCUT2D eigenvalue weighted by Crippen LogP contribution is -1.98. The maximum atomic E-state index is 6.06. The lowest BCUT2D eigenvalue weighted by molar-refractivity contribution is 0.343. The Morgan fingerprint density at radius 3 is 2.57 bits per heavy atom. The fourth-order valence-electron chi connectivity index (χ4n) is 2.36. The van der Waals surface area contributed by atoms with Gasteiger partial charge in [0.1, 0.15) is 17.1 Å². The van der Waals surface area contributed by atoms with Crippen molar-refractivity contribution >= 4 is 34.2 Å². The second-order valence-corrected chi connectivity index (χ2v) is 5.23. The number of nitrogens with zero attached hydrogens (tertiary/aromatic N) is 2. The van der Waals surface area contributed by atoms with Gasteiger partial charge in [-0.1, -0.05) is 17.7 Å². The quantitative estimate of drug-likeness (QED) is 0.644. The van der Waals surface area contributed by atoms with Crippen molar-refractivity contribution in [2.24, 2.45) is 0 Å². The van der Waals surface area contributed by atoms with Crippen molar-refractivity contribution in [2.75, 3.05) is 6.61 Å². The molecule has 0 amide bonds. The van der Waals surface area contributed by atoms with Crippen LogP contribution < -0.4 is 4.74 Å². The van der Waals surface area contributed by atoms with E-state index in [1.54, 1.807) is 0 Å². The molecule has 0 aliphatic carbocycles. The first-order valence-corrected chi connectivity index (χ1v) is 7.61. The second-order valence-electron chi connectivity index (χ2n) is 4.53. The first kappa shape index (κ1) is 14.2. The predicted octanol–water partition coefficient (Wildman–Crippen LogP) is 4.82. The Balaban J connectivity index is 2.25. The van der Waals surface area contributed by atoms with Crippen LogP contribution in [0.2, 0.25) is 5.02 Å². The smallest absolute Gasteiger partial charge is 0.147 e. The molecule has 3 nitrogen and oxygen atoms in total. The van der Waals surface area contributed by atoms with E-state index in [-0.39, 0.29) is 0 Å². The number of halogens is 2. The molecule has 108 valence electrons. The average Bonchev–Trinajstić information content (AvgIpc) is 2.88. The highest BCUT2D eigenvalue weighted by Gasteiger charge is 2.14. The zero-order chi connectivity index (χ0) is 14.8. The summed E-state index contributed by atoms with van der Waals surface area (Å²) in [7, 11) is 0. The van der Waals surface area contributed by atoms with Crippen LogP contribution in [0.5, 0.6) is 5.75 Å². The summed E-state index contributed by atoms with van der Waals surface area (Å²) >= 11 is 12.0. The van der Waals surface area contributed by atoms with Gasteiger partial charge in [-0.2, -0.15) is 0 Å². The molecular formula is C16H14Cl2N2O. The fraction of sp³-hybridized carbons (Fsp3) is 0.188. The molecule has 3 aromatic rings. The van der Waals surface area contributed by atoms with Gasteiger partial charge in [-0.3, -0.25) is 4.57 Å². The highest BCUT2D eigenvalue weighted by atomic mass is 35.5. The Morgan fingerprint density at radius 1 is 1.14 bits per heavy atom. The summed E-state index contributed by atoms with van der Waals surface area (Å²) in [6.45, 7) is 2.56.